The first kappa shape index (κ1) is 11.4. The number of aromatic nitrogens is 4. The molecule has 0 N–H and O–H groups in total. The van der Waals surface area contributed by atoms with Crippen LogP contribution < -0.4 is 9.64 Å². The Balaban J connectivity index is 1.59. The largest absolute Gasteiger partial charge is 0.480 e. The Kier molecular flexibility index (Phi) is 2.45. The summed E-state index contributed by atoms with van der Waals surface area (Å²) in [7, 11) is 0. The van der Waals surface area contributed by atoms with Gasteiger partial charge in [0, 0.05) is 19.5 Å². The highest BCUT2D eigenvalue weighted by Gasteiger charge is 2.35. The van der Waals surface area contributed by atoms with Gasteiger partial charge in [0.2, 0.25) is 0 Å². The molecule has 0 aliphatic carbocycles. The lowest BCUT2D eigenvalue weighted by molar-refractivity contribution is -0.124. The molecule has 0 radical (unpaired) electrons. The van der Waals surface area contributed by atoms with Crippen LogP contribution in [-0.2, 0) is 17.8 Å². The van der Waals surface area contributed by atoms with Gasteiger partial charge >= 0.3 is 0 Å². The Labute approximate surface area is 115 Å². The Morgan fingerprint density at radius 2 is 2.20 bits per heavy atom. The molecule has 2 aromatic rings. The number of nitrogens with zero attached hydrogens (tertiary/aromatic N) is 5. The molecule has 2 aliphatic rings. The predicted molar refractivity (Wildman–Crippen MR) is 69.3 cm³/mol. The summed E-state index contributed by atoms with van der Waals surface area (Å²) < 4.78 is 7.40. The van der Waals surface area contributed by atoms with Crippen LogP contribution in [-0.4, -0.2) is 38.8 Å². The van der Waals surface area contributed by atoms with Gasteiger partial charge in [0.25, 0.3) is 11.9 Å². The molecule has 0 saturated heterocycles. The van der Waals surface area contributed by atoms with E-state index in [0.717, 1.165) is 24.3 Å². The van der Waals surface area contributed by atoms with Crippen molar-refractivity contribution in [2.75, 3.05) is 11.4 Å². The third-order valence-electron chi connectivity index (χ3n) is 3.69. The molecule has 4 rings (SSSR count). The van der Waals surface area contributed by atoms with Gasteiger partial charge in [-0.3, -0.25) is 9.69 Å². The smallest absolute Gasteiger partial charge is 0.270 e. The highest BCUT2D eigenvalue weighted by molar-refractivity contribution is 5.96. The van der Waals surface area contributed by atoms with Crippen molar-refractivity contribution < 1.29 is 9.53 Å². The van der Waals surface area contributed by atoms with Crippen molar-refractivity contribution >= 4 is 11.9 Å². The van der Waals surface area contributed by atoms with Crippen LogP contribution >= 0.6 is 0 Å². The molecule has 1 aromatic carbocycles. The summed E-state index contributed by atoms with van der Waals surface area (Å²) in [4.78, 5) is 14.2. The number of anilines is 1. The zero-order chi connectivity index (χ0) is 13.5. The first-order chi connectivity index (χ1) is 9.83. The number of aryl methyl sites for hydroxylation is 1. The number of rotatable bonds is 1. The van der Waals surface area contributed by atoms with Crippen molar-refractivity contribution in [3.8, 4) is 5.75 Å². The van der Waals surface area contributed by atoms with Crippen LogP contribution in [0.15, 0.2) is 24.3 Å². The van der Waals surface area contributed by atoms with Crippen LogP contribution in [0.3, 0.4) is 0 Å². The molecule has 2 aliphatic heterocycles. The van der Waals surface area contributed by atoms with Crippen molar-refractivity contribution in [3.05, 3.63) is 29.8 Å². The highest BCUT2D eigenvalue weighted by Crippen LogP contribution is 2.30. The summed E-state index contributed by atoms with van der Waals surface area (Å²) in [5, 5.41) is 11.4. The maximum Gasteiger partial charge on any atom is 0.270 e. The highest BCUT2D eigenvalue weighted by atomic mass is 16.5. The fraction of sp³-hybridized carbons (Fsp3) is 0.385. The van der Waals surface area contributed by atoms with E-state index in [1.807, 2.05) is 24.3 Å². The molecule has 0 saturated carbocycles. The van der Waals surface area contributed by atoms with E-state index in [1.165, 1.54) is 0 Å². The molecule has 0 bridgehead atoms. The molecule has 1 aromatic heterocycles. The molecule has 7 heteroatoms. The molecular weight excluding hydrogens is 258 g/mol. The standard InChI is InChI=1S/C13H13N5O2/c19-12(11-8-9-4-1-2-5-10(9)20-11)17-6-3-7-18-13(17)14-15-16-18/h1-2,4-5,11H,3,6-8H2. The Morgan fingerprint density at radius 1 is 1.30 bits per heavy atom. The number of hydrogen-bond acceptors (Lipinski definition) is 5. The second-order valence-electron chi connectivity index (χ2n) is 4.96. The summed E-state index contributed by atoms with van der Waals surface area (Å²) in [6, 6.07) is 7.75. The second kappa shape index (κ2) is 4.29. The second-order valence-corrected chi connectivity index (χ2v) is 4.96. The van der Waals surface area contributed by atoms with Crippen LogP contribution in [0.2, 0.25) is 0 Å². The first-order valence-electron chi connectivity index (χ1n) is 6.65. The van der Waals surface area contributed by atoms with Crippen molar-refractivity contribution in [1.82, 2.24) is 20.2 Å². The van der Waals surface area contributed by atoms with Crippen LogP contribution in [0.1, 0.15) is 12.0 Å². The fourth-order valence-electron chi connectivity index (χ4n) is 2.72. The lowest BCUT2D eigenvalue weighted by Gasteiger charge is -2.27. The van der Waals surface area contributed by atoms with E-state index in [2.05, 4.69) is 15.5 Å². The molecule has 102 valence electrons. The lowest BCUT2D eigenvalue weighted by atomic mass is 10.1. The molecule has 3 heterocycles. The van der Waals surface area contributed by atoms with Gasteiger partial charge < -0.3 is 4.74 Å². The maximum atomic E-state index is 12.6. The number of carbonyl (C=O) groups excluding carboxylic acids is 1. The van der Waals surface area contributed by atoms with Gasteiger partial charge in [-0.1, -0.05) is 23.3 Å². The third kappa shape index (κ3) is 1.66. The van der Waals surface area contributed by atoms with Crippen molar-refractivity contribution in [1.29, 1.82) is 0 Å². The number of tetrazole rings is 1. The minimum absolute atomic E-state index is 0.0723. The zero-order valence-corrected chi connectivity index (χ0v) is 10.8. The van der Waals surface area contributed by atoms with E-state index in [4.69, 9.17) is 4.74 Å². The van der Waals surface area contributed by atoms with E-state index < -0.39 is 6.10 Å². The molecule has 1 amide bonds. The van der Waals surface area contributed by atoms with E-state index in [1.54, 1.807) is 9.58 Å². The van der Waals surface area contributed by atoms with Gasteiger partial charge in [0.05, 0.1) is 0 Å². The van der Waals surface area contributed by atoms with Crippen molar-refractivity contribution in [2.24, 2.45) is 0 Å². The molecule has 0 fully saturated rings. The van der Waals surface area contributed by atoms with E-state index in [9.17, 15) is 4.79 Å². The van der Waals surface area contributed by atoms with Gasteiger partial charge in [-0.25, -0.2) is 4.68 Å². The summed E-state index contributed by atoms with van der Waals surface area (Å²) in [5.74, 6) is 1.24. The minimum Gasteiger partial charge on any atom is -0.480 e. The van der Waals surface area contributed by atoms with Gasteiger partial charge in [0.1, 0.15) is 5.75 Å². The maximum absolute atomic E-state index is 12.6. The monoisotopic (exact) mass is 271 g/mol. The van der Waals surface area contributed by atoms with Crippen LogP contribution in [0.25, 0.3) is 0 Å². The topological polar surface area (TPSA) is 73.1 Å². The average Bonchev–Trinajstić information content (AvgIpc) is 3.12. The minimum atomic E-state index is -0.476. The Hall–Kier alpha value is -2.44. The van der Waals surface area contributed by atoms with E-state index >= 15 is 0 Å². The quantitative estimate of drug-likeness (QED) is 0.751. The number of hydrogen-bond donors (Lipinski definition) is 0. The van der Waals surface area contributed by atoms with E-state index in [-0.39, 0.29) is 5.91 Å². The number of amides is 1. The van der Waals surface area contributed by atoms with Gasteiger partial charge in [-0.15, -0.1) is 0 Å². The summed E-state index contributed by atoms with van der Waals surface area (Å²) >= 11 is 0. The lowest BCUT2D eigenvalue weighted by Crippen LogP contribution is -2.45. The first-order valence-corrected chi connectivity index (χ1v) is 6.65. The molecule has 0 spiro atoms. The van der Waals surface area contributed by atoms with Crippen LogP contribution in [0.5, 0.6) is 5.75 Å². The number of ether oxygens (including phenoxy) is 1. The average molecular weight is 271 g/mol. The summed E-state index contributed by atoms with van der Waals surface area (Å²) in [6.07, 6.45) is 0.979. The predicted octanol–water partition coefficient (Wildman–Crippen LogP) is 0.413. The van der Waals surface area contributed by atoms with Gasteiger partial charge in [0.15, 0.2) is 6.10 Å². The van der Waals surface area contributed by atoms with E-state index in [0.29, 0.717) is 18.9 Å². The van der Waals surface area contributed by atoms with Crippen molar-refractivity contribution in [3.63, 3.8) is 0 Å². The number of fused-ring (bicyclic) bond motifs is 2. The van der Waals surface area contributed by atoms with Gasteiger partial charge in [-0.05, 0) is 28.5 Å². The SMILES string of the molecule is O=C(C1Cc2ccccc2O1)N1CCCn2nnnc21. The van der Waals surface area contributed by atoms with Crippen LogP contribution in [0, 0.1) is 0 Å². The number of benzene rings is 1. The Bertz CT molecular complexity index is 643. The molecule has 1 atom stereocenters. The normalized spacial score (nSPS) is 20.2. The fourth-order valence-corrected chi connectivity index (χ4v) is 2.72. The molecule has 20 heavy (non-hydrogen) atoms. The van der Waals surface area contributed by atoms with Crippen molar-refractivity contribution in [2.45, 2.75) is 25.5 Å². The number of carbonyl (C=O) groups is 1. The zero-order valence-electron chi connectivity index (χ0n) is 10.8. The summed E-state index contributed by atoms with van der Waals surface area (Å²) in [6.45, 7) is 1.38. The summed E-state index contributed by atoms with van der Waals surface area (Å²) in [5.41, 5.74) is 1.07. The Morgan fingerprint density at radius 3 is 3.10 bits per heavy atom. The number of para-hydroxylation sites is 1. The molecule has 1 unspecified atom stereocenters. The van der Waals surface area contributed by atoms with Crippen LogP contribution in [0.4, 0.5) is 5.95 Å². The third-order valence-corrected chi connectivity index (χ3v) is 3.69. The molecule has 7 nitrogen and oxygen atoms in total. The molecular formula is C13H13N5O2. The van der Waals surface area contributed by atoms with Gasteiger partial charge in [-0.2, -0.15) is 0 Å².